The van der Waals surface area contributed by atoms with Gasteiger partial charge in [-0.15, -0.1) is 0 Å². The number of imide groups is 1. The molecule has 1 heterocycles. The van der Waals surface area contributed by atoms with Crippen LogP contribution in [0.15, 0.2) is 0 Å². The number of ether oxygens (including phenoxy) is 1. The Hall–Kier alpha value is -1.10. The van der Waals surface area contributed by atoms with Crippen molar-refractivity contribution in [3.8, 4) is 0 Å². The van der Waals surface area contributed by atoms with Gasteiger partial charge in [0.1, 0.15) is 12.3 Å². The van der Waals surface area contributed by atoms with Crippen LogP contribution < -0.4 is 5.32 Å². The van der Waals surface area contributed by atoms with E-state index in [0.29, 0.717) is 6.61 Å². The fourth-order valence-corrected chi connectivity index (χ4v) is 1.24. The standard InChI is InChI=1S/C9H16N2O3/c1-4-5-14-6-11-7(12)9(2,3)10-8(11)13/h4-6H2,1-3H3,(H,10,13). The molecule has 0 saturated carbocycles. The summed E-state index contributed by atoms with van der Waals surface area (Å²) in [7, 11) is 0. The highest BCUT2D eigenvalue weighted by atomic mass is 16.5. The monoisotopic (exact) mass is 200 g/mol. The molecule has 1 N–H and O–H groups in total. The normalized spacial score (nSPS) is 20.1. The zero-order valence-corrected chi connectivity index (χ0v) is 8.79. The number of carbonyl (C=O) groups is 2. The van der Waals surface area contributed by atoms with Gasteiger partial charge in [-0.1, -0.05) is 6.92 Å². The molecule has 1 saturated heterocycles. The van der Waals surface area contributed by atoms with Crippen LogP contribution in [-0.4, -0.2) is 35.7 Å². The van der Waals surface area contributed by atoms with Crippen LogP contribution in [0.25, 0.3) is 0 Å². The molecule has 0 spiro atoms. The van der Waals surface area contributed by atoms with Gasteiger partial charge < -0.3 is 10.1 Å². The van der Waals surface area contributed by atoms with Crippen molar-refractivity contribution in [1.29, 1.82) is 0 Å². The van der Waals surface area contributed by atoms with Gasteiger partial charge in [0.2, 0.25) is 0 Å². The SMILES string of the molecule is CCCOCN1C(=O)NC(C)(C)C1=O. The van der Waals surface area contributed by atoms with E-state index >= 15 is 0 Å². The number of amides is 3. The van der Waals surface area contributed by atoms with E-state index in [1.807, 2.05) is 6.92 Å². The van der Waals surface area contributed by atoms with Crippen LogP contribution in [0.5, 0.6) is 0 Å². The molecule has 1 rings (SSSR count). The number of carbonyl (C=O) groups excluding carboxylic acids is 2. The summed E-state index contributed by atoms with van der Waals surface area (Å²) in [6.45, 7) is 5.91. The van der Waals surface area contributed by atoms with Crippen molar-refractivity contribution in [2.75, 3.05) is 13.3 Å². The van der Waals surface area contributed by atoms with Gasteiger partial charge in [0.15, 0.2) is 0 Å². The van der Waals surface area contributed by atoms with Crippen molar-refractivity contribution in [3.05, 3.63) is 0 Å². The molecule has 14 heavy (non-hydrogen) atoms. The van der Waals surface area contributed by atoms with Crippen LogP contribution in [0.2, 0.25) is 0 Å². The Labute approximate surface area is 83.4 Å². The maximum Gasteiger partial charge on any atom is 0.326 e. The average Bonchev–Trinajstić information content (AvgIpc) is 2.27. The predicted octanol–water partition coefficient (Wildman–Crippen LogP) is 0.701. The maximum atomic E-state index is 11.6. The number of hydrogen-bond donors (Lipinski definition) is 1. The summed E-state index contributed by atoms with van der Waals surface area (Å²) >= 11 is 0. The zero-order chi connectivity index (χ0) is 10.8. The van der Waals surface area contributed by atoms with Crippen LogP contribution in [-0.2, 0) is 9.53 Å². The van der Waals surface area contributed by atoms with Crippen LogP contribution in [0.4, 0.5) is 4.79 Å². The van der Waals surface area contributed by atoms with E-state index in [9.17, 15) is 9.59 Å². The van der Waals surface area contributed by atoms with E-state index in [4.69, 9.17) is 4.74 Å². The second kappa shape index (κ2) is 3.96. The highest BCUT2D eigenvalue weighted by Gasteiger charge is 2.44. The number of hydrogen-bond acceptors (Lipinski definition) is 3. The average molecular weight is 200 g/mol. The Morgan fingerprint density at radius 1 is 1.43 bits per heavy atom. The highest BCUT2D eigenvalue weighted by Crippen LogP contribution is 2.15. The molecule has 5 heteroatoms. The van der Waals surface area contributed by atoms with Crippen molar-refractivity contribution in [2.45, 2.75) is 32.7 Å². The first-order chi connectivity index (χ1) is 6.49. The number of nitrogens with one attached hydrogen (secondary N) is 1. The lowest BCUT2D eigenvalue weighted by atomic mass is 10.1. The molecule has 5 nitrogen and oxygen atoms in total. The van der Waals surface area contributed by atoms with Gasteiger partial charge in [-0.3, -0.25) is 4.79 Å². The summed E-state index contributed by atoms with van der Waals surface area (Å²) in [4.78, 5) is 24.0. The first kappa shape index (κ1) is 11.0. The Balaban J connectivity index is 2.53. The van der Waals surface area contributed by atoms with E-state index in [0.717, 1.165) is 11.3 Å². The largest absolute Gasteiger partial charge is 0.360 e. The number of nitrogens with zero attached hydrogens (tertiary/aromatic N) is 1. The third kappa shape index (κ3) is 2.04. The van der Waals surface area contributed by atoms with E-state index in [2.05, 4.69) is 5.32 Å². The Morgan fingerprint density at radius 2 is 2.07 bits per heavy atom. The minimum Gasteiger partial charge on any atom is -0.360 e. The summed E-state index contributed by atoms with van der Waals surface area (Å²) < 4.78 is 5.15. The van der Waals surface area contributed by atoms with Gasteiger partial charge in [0, 0.05) is 6.61 Å². The summed E-state index contributed by atoms with van der Waals surface area (Å²) in [5.41, 5.74) is -0.799. The van der Waals surface area contributed by atoms with Crippen molar-refractivity contribution in [2.24, 2.45) is 0 Å². The second-order valence-corrected chi connectivity index (χ2v) is 3.83. The molecule has 0 radical (unpaired) electrons. The molecular formula is C9H16N2O3. The molecule has 1 aliphatic heterocycles. The Bertz CT molecular complexity index is 250. The molecule has 0 aromatic heterocycles. The first-order valence-electron chi connectivity index (χ1n) is 4.71. The fraction of sp³-hybridized carbons (Fsp3) is 0.778. The molecule has 1 aliphatic rings. The molecule has 0 unspecified atom stereocenters. The van der Waals surface area contributed by atoms with E-state index in [1.165, 1.54) is 0 Å². The summed E-state index contributed by atoms with van der Waals surface area (Å²) in [6, 6.07) is -0.379. The van der Waals surface area contributed by atoms with E-state index in [1.54, 1.807) is 13.8 Å². The molecule has 1 fully saturated rings. The van der Waals surface area contributed by atoms with Gasteiger partial charge in [-0.2, -0.15) is 0 Å². The second-order valence-electron chi connectivity index (χ2n) is 3.83. The van der Waals surface area contributed by atoms with Gasteiger partial charge in [-0.25, -0.2) is 9.69 Å². The first-order valence-corrected chi connectivity index (χ1v) is 4.71. The smallest absolute Gasteiger partial charge is 0.326 e. The van der Waals surface area contributed by atoms with Gasteiger partial charge in [0.25, 0.3) is 5.91 Å². The van der Waals surface area contributed by atoms with Gasteiger partial charge in [-0.05, 0) is 20.3 Å². The van der Waals surface area contributed by atoms with Gasteiger partial charge in [0.05, 0.1) is 0 Å². The third-order valence-electron chi connectivity index (χ3n) is 2.01. The lowest BCUT2D eigenvalue weighted by molar-refractivity contribution is -0.134. The molecule has 0 bridgehead atoms. The highest BCUT2D eigenvalue weighted by molar-refractivity contribution is 6.06. The van der Waals surface area contributed by atoms with E-state index < -0.39 is 5.54 Å². The molecule has 80 valence electrons. The minimum absolute atomic E-state index is 0.0436. The molecule has 0 aromatic carbocycles. The van der Waals surface area contributed by atoms with Crippen LogP contribution in [0, 0.1) is 0 Å². The van der Waals surface area contributed by atoms with E-state index in [-0.39, 0.29) is 18.7 Å². The molecule has 0 atom stereocenters. The molecule has 0 aromatic rings. The molecule has 0 aliphatic carbocycles. The van der Waals surface area contributed by atoms with Crippen molar-refractivity contribution < 1.29 is 14.3 Å². The minimum atomic E-state index is -0.799. The Morgan fingerprint density at radius 3 is 2.50 bits per heavy atom. The summed E-state index contributed by atoms with van der Waals surface area (Å²) in [5, 5.41) is 2.58. The lowest BCUT2D eigenvalue weighted by Gasteiger charge is -2.15. The van der Waals surface area contributed by atoms with Crippen LogP contribution in [0.3, 0.4) is 0 Å². The van der Waals surface area contributed by atoms with Crippen molar-refractivity contribution in [3.63, 3.8) is 0 Å². The van der Waals surface area contributed by atoms with Crippen LogP contribution in [0.1, 0.15) is 27.2 Å². The molecule has 3 amide bonds. The van der Waals surface area contributed by atoms with Crippen molar-refractivity contribution in [1.82, 2.24) is 10.2 Å². The van der Waals surface area contributed by atoms with Crippen LogP contribution >= 0.6 is 0 Å². The summed E-state index contributed by atoms with van der Waals surface area (Å²) in [6.07, 6.45) is 0.868. The van der Waals surface area contributed by atoms with Crippen molar-refractivity contribution >= 4 is 11.9 Å². The lowest BCUT2D eigenvalue weighted by Crippen LogP contribution is -2.40. The quantitative estimate of drug-likeness (QED) is 0.537. The van der Waals surface area contributed by atoms with Gasteiger partial charge >= 0.3 is 6.03 Å². The number of rotatable bonds is 4. The summed E-state index contributed by atoms with van der Waals surface area (Å²) in [5.74, 6) is -0.237. The topological polar surface area (TPSA) is 58.6 Å². The predicted molar refractivity (Wildman–Crippen MR) is 50.6 cm³/mol. The third-order valence-corrected chi connectivity index (χ3v) is 2.01. The Kier molecular flexibility index (Phi) is 3.10. The maximum absolute atomic E-state index is 11.6. The molecular weight excluding hydrogens is 184 g/mol. The number of urea groups is 1. The fourth-order valence-electron chi connectivity index (χ4n) is 1.24. The zero-order valence-electron chi connectivity index (χ0n) is 8.79.